The number of rotatable bonds is 6. The van der Waals surface area contributed by atoms with Crippen LogP contribution in [0.3, 0.4) is 0 Å². The number of nitrogens with zero attached hydrogens (tertiary/aromatic N) is 1. The maximum atomic E-state index is 10.9. The molecule has 17 heavy (non-hydrogen) atoms. The van der Waals surface area contributed by atoms with Crippen LogP contribution in [0.15, 0.2) is 0 Å². The van der Waals surface area contributed by atoms with Crippen molar-refractivity contribution in [2.45, 2.75) is 45.1 Å². The second-order valence-corrected chi connectivity index (χ2v) is 4.71. The minimum atomic E-state index is -0.0678. The number of ether oxygens (including phenoxy) is 1. The maximum Gasteiger partial charge on any atom is 0.233 e. The van der Waals surface area contributed by atoms with Gasteiger partial charge in [-0.25, -0.2) is 5.84 Å². The maximum absolute atomic E-state index is 10.9. The lowest BCUT2D eigenvalue weighted by atomic mass is 10.2. The van der Waals surface area contributed by atoms with Gasteiger partial charge in [-0.05, 0) is 32.7 Å². The predicted molar refractivity (Wildman–Crippen MR) is 67.3 cm³/mol. The van der Waals surface area contributed by atoms with Gasteiger partial charge in [-0.3, -0.25) is 10.2 Å². The summed E-state index contributed by atoms with van der Waals surface area (Å²) in [6, 6.07) is 0. The molecule has 1 heterocycles. The first-order chi connectivity index (χ1) is 8.22. The van der Waals surface area contributed by atoms with Gasteiger partial charge in [0.25, 0.3) is 0 Å². The lowest BCUT2D eigenvalue weighted by molar-refractivity contribution is -0.121. The van der Waals surface area contributed by atoms with Crippen molar-refractivity contribution in [2.24, 2.45) is 5.84 Å². The van der Waals surface area contributed by atoms with Gasteiger partial charge >= 0.3 is 0 Å². The third kappa shape index (κ3) is 6.61. The summed E-state index contributed by atoms with van der Waals surface area (Å²) in [5, 5.41) is 0. The Labute approximate surface area is 104 Å². The highest BCUT2D eigenvalue weighted by Gasteiger charge is 2.14. The molecule has 1 unspecified atom stereocenters. The number of hydrogen-bond acceptors (Lipinski definition) is 4. The summed E-state index contributed by atoms with van der Waals surface area (Å²) in [5.41, 5.74) is 2.15. The summed E-state index contributed by atoms with van der Waals surface area (Å²) >= 11 is 0. The van der Waals surface area contributed by atoms with Gasteiger partial charge in [0.1, 0.15) is 0 Å². The fourth-order valence-corrected chi connectivity index (χ4v) is 2.15. The van der Waals surface area contributed by atoms with E-state index in [0.717, 1.165) is 51.9 Å². The Bertz CT molecular complexity index is 224. The van der Waals surface area contributed by atoms with Gasteiger partial charge in [0.15, 0.2) is 0 Å². The van der Waals surface area contributed by atoms with E-state index in [-0.39, 0.29) is 5.91 Å². The van der Waals surface area contributed by atoms with Gasteiger partial charge in [0, 0.05) is 26.1 Å². The monoisotopic (exact) mass is 243 g/mol. The highest BCUT2D eigenvalue weighted by atomic mass is 16.5. The molecule has 0 bridgehead atoms. The van der Waals surface area contributed by atoms with Gasteiger partial charge in [0.2, 0.25) is 5.91 Å². The number of unbranched alkanes of at least 4 members (excludes halogenated alkanes) is 2. The highest BCUT2D eigenvalue weighted by molar-refractivity contribution is 5.74. The largest absolute Gasteiger partial charge is 0.377 e. The van der Waals surface area contributed by atoms with Crippen molar-refractivity contribution in [2.75, 3.05) is 26.2 Å². The summed E-state index contributed by atoms with van der Waals surface area (Å²) in [5.74, 6) is 4.95. The van der Waals surface area contributed by atoms with E-state index >= 15 is 0 Å². The van der Waals surface area contributed by atoms with Gasteiger partial charge in [-0.1, -0.05) is 6.42 Å². The van der Waals surface area contributed by atoms with Crippen molar-refractivity contribution in [1.82, 2.24) is 10.3 Å². The van der Waals surface area contributed by atoms with E-state index in [1.54, 1.807) is 0 Å². The molecule has 0 spiro atoms. The molecule has 0 aromatic carbocycles. The molecule has 0 aromatic heterocycles. The first-order valence-corrected chi connectivity index (χ1v) is 6.56. The number of hydrazine groups is 1. The molecule has 0 aromatic rings. The SMILES string of the molecule is CC1CN(CCCCCC(=O)NN)CCCO1. The fraction of sp³-hybridized carbons (Fsp3) is 0.917. The Balaban J connectivity index is 2.03. The van der Waals surface area contributed by atoms with E-state index in [9.17, 15) is 4.79 Å². The molecule has 0 aliphatic carbocycles. The molecule has 1 rings (SSSR count). The quantitative estimate of drug-likeness (QED) is 0.311. The average molecular weight is 243 g/mol. The van der Waals surface area contributed by atoms with Crippen molar-refractivity contribution < 1.29 is 9.53 Å². The highest BCUT2D eigenvalue weighted by Crippen LogP contribution is 2.08. The molecule has 1 aliphatic rings. The van der Waals surface area contributed by atoms with E-state index < -0.39 is 0 Å². The first-order valence-electron chi connectivity index (χ1n) is 6.56. The van der Waals surface area contributed by atoms with Crippen molar-refractivity contribution in [3.8, 4) is 0 Å². The second kappa shape index (κ2) is 8.44. The zero-order valence-corrected chi connectivity index (χ0v) is 10.8. The van der Waals surface area contributed by atoms with Crippen LogP contribution in [0.2, 0.25) is 0 Å². The van der Waals surface area contributed by atoms with Crippen LogP contribution in [0.5, 0.6) is 0 Å². The van der Waals surface area contributed by atoms with Crippen molar-refractivity contribution in [1.29, 1.82) is 0 Å². The smallest absolute Gasteiger partial charge is 0.233 e. The summed E-state index contributed by atoms with van der Waals surface area (Å²) in [6.45, 7) is 6.28. The van der Waals surface area contributed by atoms with Crippen LogP contribution in [0, 0.1) is 0 Å². The molecule has 1 saturated heterocycles. The zero-order chi connectivity index (χ0) is 12.5. The normalized spacial score (nSPS) is 22.1. The molecule has 1 fully saturated rings. The standard InChI is InChI=1S/C12H25N3O2/c1-11-10-15(8-5-9-17-11)7-4-2-3-6-12(16)14-13/h11H,2-10,13H2,1H3,(H,14,16). The van der Waals surface area contributed by atoms with Crippen molar-refractivity contribution in [3.05, 3.63) is 0 Å². The first kappa shape index (κ1) is 14.4. The fourth-order valence-electron chi connectivity index (χ4n) is 2.15. The Morgan fingerprint density at radius 3 is 3.06 bits per heavy atom. The number of hydrogen-bond donors (Lipinski definition) is 2. The summed E-state index contributed by atoms with van der Waals surface area (Å²) < 4.78 is 5.60. The van der Waals surface area contributed by atoms with Crippen LogP contribution in [0.1, 0.15) is 39.0 Å². The molecular weight excluding hydrogens is 218 g/mol. The van der Waals surface area contributed by atoms with Gasteiger partial charge < -0.3 is 9.64 Å². The average Bonchev–Trinajstić information content (AvgIpc) is 2.53. The van der Waals surface area contributed by atoms with Gasteiger partial charge in [-0.15, -0.1) is 0 Å². The molecule has 3 N–H and O–H groups in total. The molecule has 1 aliphatic heterocycles. The topological polar surface area (TPSA) is 67.6 Å². The van der Waals surface area contributed by atoms with Gasteiger partial charge in [-0.2, -0.15) is 0 Å². The van der Waals surface area contributed by atoms with Crippen molar-refractivity contribution >= 4 is 5.91 Å². The molecule has 100 valence electrons. The van der Waals surface area contributed by atoms with Crippen molar-refractivity contribution in [3.63, 3.8) is 0 Å². The number of amides is 1. The minimum absolute atomic E-state index is 0.0678. The summed E-state index contributed by atoms with van der Waals surface area (Å²) in [7, 11) is 0. The Morgan fingerprint density at radius 2 is 2.29 bits per heavy atom. The van der Waals surface area contributed by atoms with Gasteiger partial charge in [0.05, 0.1) is 6.10 Å². The van der Waals surface area contributed by atoms with Crippen LogP contribution in [-0.2, 0) is 9.53 Å². The number of carbonyl (C=O) groups is 1. The van der Waals surface area contributed by atoms with E-state index in [4.69, 9.17) is 10.6 Å². The number of nitrogens with two attached hydrogens (primary N) is 1. The molecule has 5 nitrogen and oxygen atoms in total. The summed E-state index contributed by atoms with van der Waals surface area (Å²) in [4.78, 5) is 13.4. The summed E-state index contributed by atoms with van der Waals surface area (Å²) in [6.07, 6.45) is 5.16. The van der Waals surface area contributed by atoms with Crippen LogP contribution in [0.4, 0.5) is 0 Å². The third-order valence-electron chi connectivity index (χ3n) is 3.08. The van der Waals surface area contributed by atoms with E-state index in [1.807, 2.05) is 0 Å². The number of carbonyl (C=O) groups excluding carboxylic acids is 1. The van der Waals surface area contributed by atoms with Crippen LogP contribution in [0.25, 0.3) is 0 Å². The van der Waals surface area contributed by atoms with E-state index in [0.29, 0.717) is 12.5 Å². The Kier molecular flexibility index (Phi) is 7.16. The Morgan fingerprint density at radius 1 is 1.47 bits per heavy atom. The molecule has 1 amide bonds. The zero-order valence-electron chi connectivity index (χ0n) is 10.8. The lowest BCUT2D eigenvalue weighted by Crippen LogP contribution is -2.31. The molecule has 1 atom stereocenters. The minimum Gasteiger partial charge on any atom is -0.377 e. The third-order valence-corrected chi connectivity index (χ3v) is 3.08. The van der Waals surface area contributed by atoms with Crippen LogP contribution < -0.4 is 11.3 Å². The lowest BCUT2D eigenvalue weighted by Gasteiger charge is -2.21. The molecule has 0 saturated carbocycles. The van der Waals surface area contributed by atoms with E-state index in [2.05, 4.69) is 17.2 Å². The number of nitrogens with one attached hydrogen (secondary N) is 1. The van der Waals surface area contributed by atoms with Crippen LogP contribution in [-0.4, -0.2) is 43.2 Å². The molecule has 0 radical (unpaired) electrons. The predicted octanol–water partition coefficient (Wildman–Crippen LogP) is 0.648. The molecule has 5 heteroatoms. The van der Waals surface area contributed by atoms with E-state index in [1.165, 1.54) is 0 Å². The Hall–Kier alpha value is -0.650. The van der Waals surface area contributed by atoms with Crippen LogP contribution >= 0.6 is 0 Å². The molecular formula is C12H25N3O2. The second-order valence-electron chi connectivity index (χ2n) is 4.71.